The number of hydrogen-bond donors (Lipinski definition) is 12. The van der Waals surface area contributed by atoms with Gasteiger partial charge in [-0.1, -0.05) is 132 Å². The quantitative estimate of drug-likeness (QED) is 0.00325. The molecule has 0 fully saturated rings. The summed E-state index contributed by atoms with van der Waals surface area (Å²) in [5.41, 5.74) is 38.6. The number of aromatic nitrogens is 10. The number of aromatic amines is 2. The Balaban J connectivity index is 0.000000305. The lowest BCUT2D eigenvalue weighted by molar-refractivity contribution is -0.290. The van der Waals surface area contributed by atoms with Crippen LogP contribution in [0.4, 0.5) is 41.2 Å². The highest BCUT2D eigenvalue weighted by Crippen LogP contribution is 2.51. The maximum atomic E-state index is 13.5. The number of unbranched alkanes of at least 4 members (excludes halogenated alkanes) is 1. The third-order valence-electron chi connectivity index (χ3n) is 19.7. The third kappa shape index (κ3) is 33.0. The number of aromatic carboxylic acids is 2. The number of anilines is 7. The number of likely N-dealkylation sites (N-methyl/N-ethyl adjacent to an activating group) is 1. The van der Waals surface area contributed by atoms with E-state index in [9.17, 15) is 33.9 Å². The van der Waals surface area contributed by atoms with Crippen molar-refractivity contribution in [3.8, 4) is 69.0 Å². The molecule has 0 atom stereocenters. The van der Waals surface area contributed by atoms with Crippen molar-refractivity contribution in [2.75, 3.05) is 176 Å². The van der Waals surface area contributed by atoms with E-state index in [-0.39, 0.29) is 133 Å². The maximum absolute atomic E-state index is 13.5. The number of carboxylic acid groups (broad SMARTS) is 2. The van der Waals surface area contributed by atoms with Crippen LogP contribution in [0.3, 0.4) is 0 Å². The SMILES string of the molecule is CCCCO.CCN(CC)CCN.CCOC(=O)Cc1c(Cl)nc(N)nc1Cl.CCOOCCc1c(Cl)nc(N)nc1NCc1cc(OC)c(OC)c(OC)c1Cl.COc1cc(CN)c(Cl)c(OC)c1OC.COc1cc(CN2C(=O)/C(=C\c3cc(C(=O)O)c[nH]3)c3c(Cl)nc(N)nc32)c(Cl)c(OC)c1OC.COc1cc(CN2C(=O)Cc3c(Cl)nc(N)nc32)c(Cl)c(OC)c1OC.O=Cc1cc(C(=O)O)c[nH]1. The van der Waals surface area contributed by atoms with Crippen LogP contribution in [0, 0.1) is 0 Å². The molecule has 6 aromatic heterocycles. The zero-order chi connectivity index (χ0) is 107. The second-order valence-electron chi connectivity index (χ2n) is 28.5. The molecule has 8 heterocycles. The number of halogens is 9. The number of aliphatic hydroxyl groups excluding tert-OH is 1. The molecule has 0 spiro atoms. The van der Waals surface area contributed by atoms with E-state index in [0.29, 0.717) is 175 Å². The Bertz CT molecular complexity index is 5990. The summed E-state index contributed by atoms with van der Waals surface area (Å²) in [5.74, 6) is 2.36. The Kier molecular flexibility index (Phi) is 51.4. The van der Waals surface area contributed by atoms with Gasteiger partial charge in [0.25, 0.3) is 5.91 Å². The number of fused-ring (bicyclic) bond motifs is 2. The van der Waals surface area contributed by atoms with E-state index in [0.717, 1.165) is 44.6 Å². The highest BCUT2D eigenvalue weighted by atomic mass is 35.5. The van der Waals surface area contributed by atoms with Gasteiger partial charge in [-0.2, -0.15) is 15.0 Å². The molecular weight excluding hydrogens is 2060 g/mol. The zero-order valence-corrected chi connectivity index (χ0v) is 87.8. The molecule has 2 aliphatic heterocycles. The molecule has 0 saturated carbocycles. The first kappa shape index (κ1) is 121. The van der Waals surface area contributed by atoms with Crippen LogP contribution in [-0.4, -0.2) is 244 Å². The number of esters is 1. The number of nitrogens with one attached hydrogen (secondary N) is 3. The fourth-order valence-electron chi connectivity index (χ4n) is 12.9. The summed E-state index contributed by atoms with van der Waals surface area (Å²) in [6, 6.07) is 9.45. The number of methoxy groups -OCH3 is 12. The van der Waals surface area contributed by atoms with Gasteiger partial charge in [-0.05, 0) is 98.1 Å². The second-order valence-corrected chi connectivity index (χ2v) is 31.8. The molecule has 12 rings (SSSR count). The molecule has 0 aliphatic carbocycles. The number of carboxylic acids is 2. The molecular formula is C90H113Cl9N20O24. The van der Waals surface area contributed by atoms with Crippen molar-refractivity contribution in [3.63, 3.8) is 0 Å². The van der Waals surface area contributed by atoms with Gasteiger partial charge in [-0.25, -0.2) is 44.3 Å². The molecule has 0 radical (unpaired) electrons. The summed E-state index contributed by atoms with van der Waals surface area (Å²) >= 11 is 55.8. The number of rotatable bonds is 38. The van der Waals surface area contributed by atoms with Crippen molar-refractivity contribution in [3.05, 3.63) is 162 Å². The molecule has 2 amide bonds. The van der Waals surface area contributed by atoms with Gasteiger partial charge in [0.05, 0.1) is 179 Å². The van der Waals surface area contributed by atoms with Gasteiger partial charge in [0.15, 0.2) is 58.1 Å². The van der Waals surface area contributed by atoms with Crippen molar-refractivity contribution in [2.24, 2.45) is 11.5 Å². The minimum Gasteiger partial charge on any atom is -0.493 e. The number of hydrogen-bond acceptors (Lipinski definition) is 38. The largest absolute Gasteiger partial charge is 0.493 e. The van der Waals surface area contributed by atoms with Crippen LogP contribution < -0.4 is 106 Å². The number of carbonyl (C=O) groups excluding carboxylic acids is 4. The number of H-pyrrole nitrogens is 2. The molecule has 18 N–H and O–H groups in total. The van der Waals surface area contributed by atoms with Gasteiger partial charge in [0.2, 0.25) is 52.7 Å². The lowest BCUT2D eigenvalue weighted by Crippen LogP contribution is -2.28. The van der Waals surface area contributed by atoms with Gasteiger partial charge in [-0.15, -0.1) is 0 Å². The van der Waals surface area contributed by atoms with Crippen molar-refractivity contribution in [1.82, 2.24) is 54.7 Å². The number of nitrogen functional groups attached to an aromatic ring is 4. The highest BCUT2D eigenvalue weighted by molar-refractivity contribution is 6.42. The summed E-state index contributed by atoms with van der Waals surface area (Å²) in [4.78, 5) is 121. The van der Waals surface area contributed by atoms with E-state index in [4.69, 9.17) is 220 Å². The molecule has 53 heteroatoms. The van der Waals surface area contributed by atoms with Crippen molar-refractivity contribution in [2.45, 2.75) is 92.9 Å². The monoisotopic (exact) mass is 2170 g/mol. The van der Waals surface area contributed by atoms with E-state index in [1.165, 1.54) is 119 Å². The van der Waals surface area contributed by atoms with Gasteiger partial charge >= 0.3 is 17.9 Å². The fraction of sp³-hybridized carbons (Fsp3) is 0.378. The van der Waals surface area contributed by atoms with E-state index in [1.54, 1.807) is 38.3 Å². The molecule has 780 valence electrons. The van der Waals surface area contributed by atoms with Gasteiger partial charge in [-0.3, -0.25) is 29.0 Å². The number of nitrogens with zero attached hydrogens (tertiary/aromatic N) is 11. The molecule has 0 saturated heterocycles. The lowest BCUT2D eigenvalue weighted by Gasteiger charge is -2.21. The first-order chi connectivity index (χ1) is 68.3. The van der Waals surface area contributed by atoms with Crippen LogP contribution in [0.5, 0.6) is 69.0 Å². The predicted molar refractivity (Wildman–Crippen MR) is 546 cm³/mol. The fourth-order valence-corrected chi connectivity index (χ4v) is 15.4. The Morgan fingerprint density at radius 2 is 0.909 bits per heavy atom. The van der Waals surface area contributed by atoms with Crippen molar-refractivity contribution in [1.29, 1.82) is 0 Å². The maximum Gasteiger partial charge on any atom is 0.337 e. The molecule has 4 aromatic carbocycles. The standard InChI is InChI=1S/C22H19Cl2N5O6.C18H24Cl2N4O5.C16H16Cl2N4O4.C10H14ClNO3.C8H9Cl2N3O2.C6H16N2.C6H5NO3.C4H10O/c1-33-13-5-10(15(23)17(35-3)16(13)34-2)8-29-19-14(18(24)27-22(25)28-19)12(20(29)30)6-11-4-9(7-26-11)21(31)32;1-5-28-29-7-6-11-16(20)23-18(21)24-17(11)22-9-10-8-12(25-2)14(26-3)15(27-4)13(10)19;1-24-9-4-7(11(17)13(26-3)12(9)25-2)6-22-10(23)5-8-14(18)20-16(19)21-15(8)22;1-13-7-4-6(5-12)8(11)10(15-3)9(7)14-2;1-2-15-5(14)3-4-6(9)12-8(11)13-7(4)10;1-3-8(4-2)6-5-7;8-3-5-1-4(2-7-5)6(9)10;1-2-3-4-5/h4-7,26H,8H2,1-3H3,(H,31,32)(H2,25,27,28);8H,5-7,9H2,1-4H3,(H3,21,22,23,24);4H,5-6H2,1-3H3,(H2,19,20,21);4H,5,12H2,1-3H3;2-3H2,1H3,(H2,11,12,13);3-7H2,1-2H3;1-3,7H,(H,9,10);5H,2-4H2,1H3/b12-6-;;;;;;;. The van der Waals surface area contributed by atoms with Crippen LogP contribution in [0.15, 0.2) is 48.8 Å². The van der Waals surface area contributed by atoms with E-state index in [2.05, 4.69) is 80.8 Å². The Labute approximate surface area is 868 Å². The summed E-state index contributed by atoms with van der Waals surface area (Å²) in [6.45, 7) is 16.0. The summed E-state index contributed by atoms with van der Waals surface area (Å²) in [7, 11) is 17.9. The molecule has 44 nitrogen and oxygen atoms in total. The first-order valence-electron chi connectivity index (χ1n) is 42.6. The average Bonchev–Trinajstić information content (AvgIpc) is 1.60. The van der Waals surface area contributed by atoms with E-state index < -0.39 is 23.8 Å². The van der Waals surface area contributed by atoms with Gasteiger partial charge < -0.3 is 131 Å². The number of carbonyl (C=O) groups is 6. The molecule has 10 aromatic rings. The zero-order valence-electron chi connectivity index (χ0n) is 81.0. The van der Waals surface area contributed by atoms with Crippen LogP contribution in [0.25, 0.3) is 11.6 Å². The predicted octanol–water partition coefficient (Wildman–Crippen LogP) is 14.4. The molecule has 0 bridgehead atoms. The average molecular weight is 2180 g/mol. The van der Waals surface area contributed by atoms with Crippen LogP contribution in [0.1, 0.15) is 129 Å². The van der Waals surface area contributed by atoms with Crippen LogP contribution >= 0.6 is 104 Å². The topological polar surface area (TPSA) is 614 Å². The molecule has 0 unspecified atom stereocenters. The van der Waals surface area contributed by atoms with Gasteiger partial charge in [0, 0.05) is 74.0 Å². The summed E-state index contributed by atoms with van der Waals surface area (Å²) in [6.07, 6.45) is 7.10. The van der Waals surface area contributed by atoms with Crippen LogP contribution in [-0.2, 0) is 74.3 Å². The number of aliphatic hydroxyl groups is 1. The van der Waals surface area contributed by atoms with E-state index in [1.807, 2.05) is 6.92 Å². The minimum atomic E-state index is -1.11. The Morgan fingerprint density at radius 1 is 0.497 bits per heavy atom. The summed E-state index contributed by atoms with van der Waals surface area (Å²) in [5, 5.41) is 30.7. The highest BCUT2D eigenvalue weighted by Gasteiger charge is 2.39. The van der Waals surface area contributed by atoms with Crippen LogP contribution in [0.2, 0.25) is 45.9 Å². The number of ether oxygens (including phenoxy) is 13. The number of aldehydes is 1. The molecule has 2 aliphatic rings. The number of benzene rings is 4. The Morgan fingerprint density at radius 3 is 1.31 bits per heavy atom. The minimum absolute atomic E-state index is 0.00978. The smallest absolute Gasteiger partial charge is 0.337 e. The van der Waals surface area contributed by atoms with E-state index >= 15 is 0 Å². The third-order valence-corrected chi connectivity index (χ3v) is 22.9. The van der Waals surface area contributed by atoms with Gasteiger partial charge in [0.1, 0.15) is 37.4 Å². The molecule has 143 heavy (non-hydrogen) atoms. The number of nitrogens with two attached hydrogens (primary N) is 6. The Hall–Kier alpha value is -12.5. The first-order valence-corrected chi connectivity index (χ1v) is 46.0. The number of amides is 2. The lowest BCUT2D eigenvalue weighted by atomic mass is 10.1. The van der Waals surface area contributed by atoms with Crippen molar-refractivity contribution < 1.29 is 115 Å². The van der Waals surface area contributed by atoms with Crippen molar-refractivity contribution >= 4 is 193 Å². The summed E-state index contributed by atoms with van der Waals surface area (Å²) < 4.78 is 68.4. The normalized spacial score (nSPS) is 11.5. The second kappa shape index (κ2) is 60.8.